The van der Waals surface area contributed by atoms with Crippen LogP contribution < -0.4 is 10.2 Å². The lowest BCUT2D eigenvalue weighted by Crippen LogP contribution is -2.33. The lowest BCUT2D eigenvalue weighted by Gasteiger charge is -2.29. The van der Waals surface area contributed by atoms with Crippen molar-refractivity contribution in [2.45, 2.75) is 72.5 Å². The van der Waals surface area contributed by atoms with E-state index in [4.69, 9.17) is 11.6 Å². The lowest BCUT2D eigenvalue weighted by molar-refractivity contribution is 0.587. The van der Waals surface area contributed by atoms with Gasteiger partial charge in [-0.2, -0.15) is 0 Å². The van der Waals surface area contributed by atoms with Crippen molar-refractivity contribution in [1.29, 1.82) is 0 Å². The van der Waals surface area contributed by atoms with E-state index in [1.54, 1.807) is 0 Å². The van der Waals surface area contributed by atoms with Gasteiger partial charge in [0.15, 0.2) is 0 Å². The zero-order valence-electron chi connectivity index (χ0n) is 14.1. The fourth-order valence-electron chi connectivity index (χ4n) is 2.24. The van der Waals surface area contributed by atoms with Crippen molar-refractivity contribution in [2.24, 2.45) is 0 Å². The van der Waals surface area contributed by atoms with Crippen LogP contribution in [0.15, 0.2) is 12.3 Å². The number of pyridine rings is 1. The second-order valence-electron chi connectivity index (χ2n) is 6.18. The third-order valence-electron chi connectivity index (χ3n) is 3.49. The maximum absolute atomic E-state index is 6.46. The van der Waals surface area contributed by atoms with E-state index in [2.05, 4.69) is 49.8 Å². The summed E-state index contributed by atoms with van der Waals surface area (Å²) in [6.07, 6.45) is 5.60. The minimum Gasteiger partial charge on any atom is -0.353 e. The molecule has 0 unspecified atom stereocenters. The van der Waals surface area contributed by atoms with Crippen LogP contribution in [0.2, 0.25) is 5.02 Å². The highest BCUT2D eigenvalue weighted by Crippen LogP contribution is 2.26. The van der Waals surface area contributed by atoms with E-state index < -0.39 is 0 Å². The first-order valence-corrected chi connectivity index (χ1v) is 8.48. The zero-order valence-corrected chi connectivity index (χ0v) is 14.9. The summed E-state index contributed by atoms with van der Waals surface area (Å²) < 4.78 is 0. The van der Waals surface area contributed by atoms with Crippen LogP contribution in [-0.2, 0) is 6.54 Å². The first-order chi connectivity index (χ1) is 9.95. The van der Waals surface area contributed by atoms with Gasteiger partial charge >= 0.3 is 0 Å². The highest BCUT2D eigenvalue weighted by Gasteiger charge is 2.15. The third-order valence-corrected chi connectivity index (χ3v) is 3.77. The second kappa shape index (κ2) is 9.26. The molecule has 1 aromatic rings. The predicted octanol–water partition coefficient (Wildman–Crippen LogP) is 4.64. The molecule has 0 aromatic carbocycles. The van der Waals surface area contributed by atoms with Gasteiger partial charge in [-0.15, -0.1) is 0 Å². The molecule has 0 aliphatic heterocycles. The van der Waals surface area contributed by atoms with Crippen molar-refractivity contribution >= 4 is 17.4 Å². The summed E-state index contributed by atoms with van der Waals surface area (Å²) in [4.78, 5) is 6.91. The summed E-state index contributed by atoms with van der Waals surface area (Å²) in [5.41, 5.74) is 1.13. The molecule has 3 nitrogen and oxygen atoms in total. The van der Waals surface area contributed by atoms with E-state index >= 15 is 0 Å². The molecule has 0 amide bonds. The molecule has 1 rings (SSSR count). The molecule has 0 bridgehead atoms. The average molecular weight is 312 g/mol. The largest absolute Gasteiger partial charge is 0.353 e. The molecule has 0 spiro atoms. The molecule has 120 valence electrons. The van der Waals surface area contributed by atoms with E-state index in [0.29, 0.717) is 12.1 Å². The molecule has 0 aliphatic rings. The molecule has 0 aliphatic carbocycles. The van der Waals surface area contributed by atoms with Crippen LogP contribution in [0.1, 0.15) is 59.4 Å². The van der Waals surface area contributed by atoms with Crippen molar-refractivity contribution in [3.05, 3.63) is 22.8 Å². The molecule has 1 heterocycles. The van der Waals surface area contributed by atoms with Crippen LogP contribution in [0.3, 0.4) is 0 Å². The molecule has 4 heteroatoms. The van der Waals surface area contributed by atoms with Gasteiger partial charge in [-0.1, -0.05) is 45.2 Å². The van der Waals surface area contributed by atoms with Gasteiger partial charge in [-0.3, -0.25) is 0 Å². The second-order valence-corrected chi connectivity index (χ2v) is 6.59. The Bertz CT molecular complexity index is 418. The van der Waals surface area contributed by atoms with E-state index in [1.807, 2.05) is 12.3 Å². The fourth-order valence-corrected chi connectivity index (χ4v) is 2.54. The van der Waals surface area contributed by atoms with E-state index in [-0.39, 0.29) is 0 Å². The molecular weight excluding hydrogens is 282 g/mol. The van der Waals surface area contributed by atoms with E-state index in [9.17, 15) is 0 Å². The Morgan fingerprint density at radius 2 is 1.95 bits per heavy atom. The summed E-state index contributed by atoms with van der Waals surface area (Å²) >= 11 is 6.46. The topological polar surface area (TPSA) is 28.2 Å². The summed E-state index contributed by atoms with van der Waals surface area (Å²) in [6, 6.07) is 2.91. The first kappa shape index (κ1) is 18.2. The van der Waals surface area contributed by atoms with E-state index in [0.717, 1.165) is 29.5 Å². The highest BCUT2D eigenvalue weighted by atomic mass is 35.5. The monoisotopic (exact) mass is 311 g/mol. The number of hydrogen-bond donors (Lipinski definition) is 1. The van der Waals surface area contributed by atoms with Gasteiger partial charge in [-0.25, -0.2) is 4.98 Å². The maximum atomic E-state index is 6.46. The molecule has 0 fully saturated rings. The van der Waals surface area contributed by atoms with E-state index in [1.165, 1.54) is 19.3 Å². The Labute approximate surface area is 135 Å². The molecule has 21 heavy (non-hydrogen) atoms. The van der Waals surface area contributed by atoms with Crippen LogP contribution in [-0.4, -0.2) is 23.6 Å². The van der Waals surface area contributed by atoms with Crippen LogP contribution in [0.5, 0.6) is 0 Å². The van der Waals surface area contributed by atoms with Crippen LogP contribution in [0, 0.1) is 0 Å². The number of hydrogen-bond acceptors (Lipinski definition) is 3. The van der Waals surface area contributed by atoms with Gasteiger partial charge in [0.1, 0.15) is 5.82 Å². The van der Waals surface area contributed by atoms with Gasteiger partial charge in [-0.05, 0) is 31.9 Å². The fraction of sp³-hybridized carbons (Fsp3) is 0.706. The van der Waals surface area contributed by atoms with Crippen molar-refractivity contribution in [3.63, 3.8) is 0 Å². The summed E-state index contributed by atoms with van der Waals surface area (Å²) in [7, 11) is 0. The minimum atomic E-state index is 0.409. The Hall–Kier alpha value is -0.800. The van der Waals surface area contributed by atoms with Crippen molar-refractivity contribution in [3.8, 4) is 0 Å². The number of halogens is 1. The van der Waals surface area contributed by atoms with Gasteiger partial charge < -0.3 is 10.2 Å². The quantitative estimate of drug-likeness (QED) is 0.673. The van der Waals surface area contributed by atoms with Gasteiger partial charge in [0.05, 0.1) is 5.02 Å². The summed E-state index contributed by atoms with van der Waals surface area (Å²) in [5.74, 6) is 0.913. The maximum Gasteiger partial charge on any atom is 0.147 e. The molecule has 0 saturated heterocycles. The van der Waals surface area contributed by atoms with Gasteiger partial charge in [0.25, 0.3) is 0 Å². The highest BCUT2D eigenvalue weighted by molar-refractivity contribution is 6.33. The molecular formula is C17H30ClN3. The van der Waals surface area contributed by atoms with Crippen LogP contribution >= 0.6 is 11.6 Å². The Morgan fingerprint density at radius 1 is 1.24 bits per heavy atom. The lowest BCUT2D eigenvalue weighted by atomic mass is 10.2. The normalized spacial score (nSPS) is 11.4. The summed E-state index contributed by atoms with van der Waals surface area (Å²) in [6.45, 7) is 12.7. The van der Waals surface area contributed by atoms with Crippen LogP contribution in [0.25, 0.3) is 0 Å². The molecule has 1 N–H and O–H groups in total. The number of rotatable bonds is 9. The van der Waals surface area contributed by atoms with Crippen molar-refractivity contribution in [1.82, 2.24) is 10.3 Å². The number of anilines is 1. The number of unbranched alkanes of at least 4 members (excludes halogenated alkanes) is 2. The van der Waals surface area contributed by atoms with Gasteiger partial charge in [0, 0.05) is 31.4 Å². The number of nitrogens with zero attached hydrogens (tertiary/aromatic N) is 2. The number of nitrogens with one attached hydrogen (secondary N) is 1. The third kappa shape index (κ3) is 6.23. The zero-order chi connectivity index (χ0) is 15.8. The smallest absolute Gasteiger partial charge is 0.147 e. The Morgan fingerprint density at radius 3 is 2.48 bits per heavy atom. The Kier molecular flexibility index (Phi) is 8.05. The Balaban J connectivity index is 2.79. The minimum absolute atomic E-state index is 0.409. The average Bonchev–Trinajstić information content (AvgIpc) is 2.42. The molecule has 0 radical (unpaired) electrons. The number of aromatic nitrogens is 1. The van der Waals surface area contributed by atoms with Crippen LogP contribution in [0.4, 0.5) is 5.82 Å². The molecule has 0 atom stereocenters. The SMILES string of the molecule is CCCCCN(c1ncc(CNC(C)C)cc1Cl)C(C)C. The summed E-state index contributed by atoms with van der Waals surface area (Å²) in [5, 5.41) is 4.14. The first-order valence-electron chi connectivity index (χ1n) is 8.10. The predicted molar refractivity (Wildman–Crippen MR) is 93.2 cm³/mol. The van der Waals surface area contributed by atoms with Gasteiger partial charge in [0.2, 0.25) is 0 Å². The van der Waals surface area contributed by atoms with Crippen molar-refractivity contribution < 1.29 is 0 Å². The standard InChI is InChI=1S/C17H30ClN3/c1-6-7-8-9-21(14(4)5)17-16(18)10-15(12-20-17)11-19-13(2)3/h10,12-14,19H,6-9,11H2,1-5H3. The van der Waals surface area contributed by atoms with Crippen molar-refractivity contribution in [2.75, 3.05) is 11.4 Å². The molecule has 1 aromatic heterocycles. The molecule has 0 saturated carbocycles.